The van der Waals surface area contributed by atoms with Crippen LogP contribution in [0, 0.1) is 5.82 Å². The molecule has 3 nitrogen and oxygen atoms in total. The van der Waals surface area contributed by atoms with E-state index in [2.05, 4.69) is 9.72 Å². The Bertz CT molecular complexity index is 585. The largest absolute Gasteiger partial charge is 0.464 e. The molecule has 18 heavy (non-hydrogen) atoms. The third kappa shape index (κ3) is 2.68. The highest BCUT2D eigenvalue weighted by atomic mass is 35.5. The minimum Gasteiger partial charge on any atom is -0.464 e. The number of ether oxygens (including phenoxy) is 1. The Kier molecular flexibility index (Phi) is 3.93. The second-order valence-corrected chi connectivity index (χ2v) is 4.86. The maximum Gasteiger partial charge on any atom is 0.357 e. The molecule has 94 valence electrons. The number of benzene rings is 1. The van der Waals surface area contributed by atoms with Gasteiger partial charge in [-0.3, -0.25) is 0 Å². The first-order valence-electron chi connectivity index (χ1n) is 5.07. The molecule has 1 aromatic heterocycles. The van der Waals surface area contributed by atoms with Gasteiger partial charge in [0.15, 0.2) is 5.69 Å². The van der Waals surface area contributed by atoms with Gasteiger partial charge < -0.3 is 4.74 Å². The van der Waals surface area contributed by atoms with E-state index < -0.39 is 11.8 Å². The van der Waals surface area contributed by atoms with Gasteiger partial charge in [0, 0.05) is 11.8 Å². The van der Waals surface area contributed by atoms with Crippen LogP contribution in [0.2, 0.25) is 5.02 Å². The van der Waals surface area contributed by atoms with Crippen molar-refractivity contribution in [2.24, 2.45) is 0 Å². The monoisotopic (exact) mass is 285 g/mol. The second-order valence-electron chi connectivity index (χ2n) is 3.51. The van der Waals surface area contributed by atoms with Crippen molar-refractivity contribution < 1.29 is 13.9 Å². The van der Waals surface area contributed by atoms with Crippen LogP contribution >= 0.6 is 22.9 Å². The summed E-state index contributed by atoms with van der Waals surface area (Å²) in [5.74, 6) is -0.946. The fourth-order valence-electron chi connectivity index (χ4n) is 1.44. The zero-order valence-electron chi connectivity index (χ0n) is 9.44. The van der Waals surface area contributed by atoms with Crippen molar-refractivity contribution in [3.05, 3.63) is 50.7 Å². The average molecular weight is 286 g/mol. The van der Waals surface area contributed by atoms with Gasteiger partial charge in [0.25, 0.3) is 0 Å². The van der Waals surface area contributed by atoms with Crippen molar-refractivity contribution in [2.45, 2.75) is 6.42 Å². The first-order chi connectivity index (χ1) is 8.61. The second kappa shape index (κ2) is 5.46. The van der Waals surface area contributed by atoms with Crippen LogP contribution in [0.25, 0.3) is 0 Å². The Morgan fingerprint density at radius 1 is 1.56 bits per heavy atom. The van der Waals surface area contributed by atoms with Crippen molar-refractivity contribution >= 4 is 28.9 Å². The number of thiazole rings is 1. The Labute approximate surface area is 112 Å². The maximum absolute atomic E-state index is 13.7. The van der Waals surface area contributed by atoms with Crippen LogP contribution in [-0.4, -0.2) is 18.1 Å². The number of aromatic nitrogens is 1. The first-order valence-corrected chi connectivity index (χ1v) is 6.33. The van der Waals surface area contributed by atoms with E-state index in [9.17, 15) is 9.18 Å². The number of esters is 1. The molecule has 0 aliphatic carbocycles. The molecule has 0 aliphatic heterocycles. The molecule has 2 aromatic rings. The Hall–Kier alpha value is -1.46. The topological polar surface area (TPSA) is 39.2 Å². The third-order valence-corrected chi connectivity index (χ3v) is 3.46. The van der Waals surface area contributed by atoms with Gasteiger partial charge >= 0.3 is 5.97 Å². The number of halogens is 2. The summed E-state index contributed by atoms with van der Waals surface area (Å²) in [6, 6.07) is 4.80. The molecule has 0 amide bonds. The van der Waals surface area contributed by atoms with Crippen LogP contribution in [0.1, 0.15) is 21.1 Å². The van der Waals surface area contributed by atoms with Gasteiger partial charge in [-0.05, 0) is 11.6 Å². The molecule has 0 N–H and O–H groups in total. The van der Waals surface area contributed by atoms with Crippen LogP contribution in [0.5, 0.6) is 0 Å². The Balaban J connectivity index is 2.21. The van der Waals surface area contributed by atoms with E-state index in [1.54, 1.807) is 17.5 Å². The SMILES string of the molecule is COC(=O)c1csc(Cc2cccc(Cl)c2F)n1. The molecule has 6 heteroatoms. The number of rotatable bonds is 3. The molecule has 0 unspecified atom stereocenters. The van der Waals surface area contributed by atoms with Gasteiger partial charge in [-0.25, -0.2) is 14.2 Å². The van der Waals surface area contributed by atoms with Gasteiger partial charge in [0.1, 0.15) is 5.82 Å². The molecule has 0 bridgehead atoms. The summed E-state index contributed by atoms with van der Waals surface area (Å²) in [6.07, 6.45) is 0.300. The van der Waals surface area contributed by atoms with Crippen molar-refractivity contribution in [1.29, 1.82) is 0 Å². The molecule has 1 heterocycles. The van der Waals surface area contributed by atoms with Gasteiger partial charge in [0.05, 0.1) is 17.1 Å². The van der Waals surface area contributed by atoms with Gasteiger partial charge in [-0.2, -0.15) is 0 Å². The highest BCUT2D eigenvalue weighted by Crippen LogP contribution is 2.22. The summed E-state index contributed by atoms with van der Waals surface area (Å²) in [5.41, 5.74) is 0.688. The van der Waals surface area contributed by atoms with E-state index in [0.717, 1.165) is 0 Å². The highest BCUT2D eigenvalue weighted by molar-refractivity contribution is 7.09. The fourth-order valence-corrected chi connectivity index (χ4v) is 2.42. The first kappa shape index (κ1) is 13.0. The molecule has 0 saturated carbocycles. The molecular formula is C12H9ClFNO2S. The molecular weight excluding hydrogens is 277 g/mol. The van der Waals surface area contributed by atoms with E-state index >= 15 is 0 Å². The molecule has 0 fully saturated rings. The number of methoxy groups -OCH3 is 1. The van der Waals surface area contributed by atoms with Gasteiger partial charge in [-0.1, -0.05) is 23.7 Å². The maximum atomic E-state index is 13.7. The molecule has 1 aromatic carbocycles. The number of carbonyl (C=O) groups excluding carboxylic acids is 1. The third-order valence-electron chi connectivity index (χ3n) is 2.32. The number of nitrogens with zero attached hydrogens (tertiary/aromatic N) is 1. The van der Waals surface area contributed by atoms with Crippen molar-refractivity contribution in [1.82, 2.24) is 4.98 Å². The molecule has 0 saturated heterocycles. The standard InChI is InChI=1S/C12H9ClFNO2S/c1-17-12(16)9-6-18-10(15-9)5-7-3-2-4-8(13)11(7)14/h2-4,6H,5H2,1H3. The minimum atomic E-state index is -0.496. The summed E-state index contributed by atoms with van der Waals surface area (Å²) >= 11 is 6.97. The average Bonchev–Trinajstić information content (AvgIpc) is 2.82. The lowest BCUT2D eigenvalue weighted by molar-refractivity contribution is 0.0594. The zero-order chi connectivity index (χ0) is 13.1. The van der Waals surface area contributed by atoms with E-state index in [0.29, 0.717) is 17.0 Å². The number of hydrogen-bond donors (Lipinski definition) is 0. The normalized spacial score (nSPS) is 10.4. The van der Waals surface area contributed by atoms with Crippen LogP contribution in [0.4, 0.5) is 4.39 Å². The van der Waals surface area contributed by atoms with E-state index in [4.69, 9.17) is 11.6 Å². The number of hydrogen-bond acceptors (Lipinski definition) is 4. The molecule has 0 atom stereocenters. The predicted molar refractivity (Wildman–Crippen MR) is 67.7 cm³/mol. The van der Waals surface area contributed by atoms with Crippen molar-refractivity contribution in [2.75, 3.05) is 7.11 Å². The quantitative estimate of drug-likeness (QED) is 0.812. The molecule has 2 rings (SSSR count). The van der Waals surface area contributed by atoms with Crippen LogP contribution in [0.3, 0.4) is 0 Å². The fraction of sp³-hybridized carbons (Fsp3) is 0.167. The van der Waals surface area contributed by atoms with Crippen LogP contribution in [-0.2, 0) is 11.2 Å². The summed E-state index contributed by atoms with van der Waals surface area (Å²) in [4.78, 5) is 15.3. The number of carbonyl (C=O) groups is 1. The summed E-state index contributed by atoms with van der Waals surface area (Å²) in [6.45, 7) is 0. The zero-order valence-corrected chi connectivity index (χ0v) is 11.0. The summed E-state index contributed by atoms with van der Waals surface area (Å²) in [5, 5.41) is 2.30. The lowest BCUT2D eigenvalue weighted by Gasteiger charge is -2.01. The molecule has 0 spiro atoms. The summed E-state index contributed by atoms with van der Waals surface area (Å²) in [7, 11) is 1.29. The van der Waals surface area contributed by atoms with E-state index in [1.807, 2.05) is 0 Å². The highest BCUT2D eigenvalue weighted by Gasteiger charge is 2.13. The van der Waals surface area contributed by atoms with Gasteiger partial charge in [0.2, 0.25) is 0 Å². The lowest BCUT2D eigenvalue weighted by Crippen LogP contribution is -2.02. The van der Waals surface area contributed by atoms with Crippen LogP contribution < -0.4 is 0 Å². The Morgan fingerprint density at radius 2 is 2.33 bits per heavy atom. The smallest absolute Gasteiger partial charge is 0.357 e. The van der Waals surface area contributed by atoms with E-state index in [-0.39, 0.29) is 10.7 Å². The Morgan fingerprint density at radius 3 is 3.06 bits per heavy atom. The molecule has 0 aliphatic rings. The minimum absolute atomic E-state index is 0.0808. The van der Waals surface area contributed by atoms with Crippen molar-refractivity contribution in [3.8, 4) is 0 Å². The molecule has 0 radical (unpaired) electrons. The van der Waals surface area contributed by atoms with Crippen LogP contribution in [0.15, 0.2) is 23.6 Å². The van der Waals surface area contributed by atoms with E-state index in [1.165, 1.54) is 24.5 Å². The summed E-state index contributed by atoms with van der Waals surface area (Å²) < 4.78 is 18.2. The lowest BCUT2D eigenvalue weighted by atomic mass is 10.1. The van der Waals surface area contributed by atoms with Crippen molar-refractivity contribution in [3.63, 3.8) is 0 Å². The van der Waals surface area contributed by atoms with Gasteiger partial charge in [-0.15, -0.1) is 11.3 Å². The predicted octanol–water partition coefficient (Wildman–Crippen LogP) is 3.31.